The molecule has 0 amide bonds. The van der Waals surface area contributed by atoms with Crippen molar-refractivity contribution in [1.82, 2.24) is 0 Å². The molecular weight excluding hydrogens is 535 g/mol. The number of unbranched alkanes of at least 4 members (excludes halogenated alkanes) is 26. The number of phosphoric ester groups is 1. The number of phosphoric acid groups is 1. The monoisotopic (exact) mass is 601 g/mol. The van der Waals surface area contributed by atoms with Crippen LogP contribution < -0.4 is 4.89 Å². The summed E-state index contributed by atoms with van der Waals surface area (Å²) >= 11 is 0. The van der Waals surface area contributed by atoms with Crippen LogP contribution in [0.25, 0.3) is 0 Å². The van der Waals surface area contributed by atoms with Crippen LogP contribution in [0.3, 0.4) is 0 Å². The maximum absolute atomic E-state index is 11.9. The van der Waals surface area contributed by atoms with E-state index in [1.807, 2.05) is 0 Å². The average molecular weight is 602 g/mol. The van der Waals surface area contributed by atoms with E-state index >= 15 is 0 Å². The summed E-state index contributed by atoms with van der Waals surface area (Å²) in [4.78, 5) is 11.9. The molecule has 0 rings (SSSR count). The molecule has 0 saturated heterocycles. The van der Waals surface area contributed by atoms with Crippen molar-refractivity contribution in [2.24, 2.45) is 0 Å². The van der Waals surface area contributed by atoms with E-state index in [0.717, 1.165) is 25.7 Å². The summed E-state index contributed by atoms with van der Waals surface area (Å²) in [5.41, 5.74) is 0. The summed E-state index contributed by atoms with van der Waals surface area (Å²) in [6.07, 6.45) is 36.0. The van der Waals surface area contributed by atoms with Crippen LogP contribution in [0, 0.1) is 0 Å². The van der Waals surface area contributed by atoms with Crippen LogP contribution in [-0.4, -0.2) is 13.2 Å². The van der Waals surface area contributed by atoms with Gasteiger partial charge in [-0.25, -0.2) is 0 Å². The Hall–Kier alpha value is 0.629. The topological polar surface area (TPSA) is 58.6 Å². The van der Waals surface area contributed by atoms with Gasteiger partial charge >= 0.3 is 0 Å². The Balaban J connectivity index is 0. The Morgan fingerprint density at radius 1 is 0.395 bits per heavy atom. The van der Waals surface area contributed by atoms with Gasteiger partial charge in [0, 0.05) is 17.1 Å². The third kappa shape index (κ3) is 34.7. The molecule has 0 unspecified atom stereocenters. The van der Waals surface area contributed by atoms with Crippen molar-refractivity contribution in [1.29, 1.82) is 0 Å². The van der Waals surface area contributed by atoms with E-state index in [1.54, 1.807) is 0 Å². The van der Waals surface area contributed by atoms with Gasteiger partial charge < -0.3 is 13.9 Å². The summed E-state index contributed by atoms with van der Waals surface area (Å²) in [6, 6.07) is 0. The van der Waals surface area contributed by atoms with E-state index in [9.17, 15) is 9.46 Å². The molecule has 0 aliphatic rings. The van der Waals surface area contributed by atoms with Gasteiger partial charge in [-0.2, -0.15) is 0 Å². The van der Waals surface area contributed by atoms with E-state index in [2.05, 4.69) is 13.8 Å². The first kappa shape index (κ1) is 40.8. The summed E-state index contributed by atoms with van der Waals surface area (Å²) in [6.45, 7) is 5.06. The fourth-order valence-corrected chi connectivity index (χ4v) is 5.76. The van der Waals surface area contributed by atoms with Crippen LogP contribution in [0.15, 0.2) is 0 Å². The quantitative estimate of drug-likeness (QED) is 0.0437. The van der Waals surface area contributed by atoms with Crippen molar-refractivity contribution in [3.63, 3.8) is 0 Å². The summed E-state index contributed by atoms with van der Waals surface area (Å²) in [5, 5.41) is 0. The minimum absolute atomic E-state index is 0. The van der Waals surface area contributed by atoms with Crippen molar-refractivity contribution in [2.75, 3.05) is 13.2 Å². The van der Waals surface area contributed by atoms with E-state index in [4.69, 9.17) is 9.05 Å². The van der Waals surface area contributed by atoms with Gasteiger partial charge in [0.05, 0.1) is 13.2 Å². The Kier molecular flexibility index (Phi) is 36.3. The SMILES string of the molecule is CCCCCCCCCCCCCCCCOP(=O)([O-])OCCCCCCCCCCCCCCCC.[Fe]. The maximum atomic E-state index is 11.9. The second-order valence-corrected chi connectivity index (χ2v) is 12.7. The van der Waals surface area contributed by atoms with Gasteiger partial charge in [0.1, 0.15) is 0 Å². The first-order valence-electron chi connectivity index (χ1n) is 16.7. The molecule has 0 aliphatic carbocycles. The molecule has 0 radical (unpaired) electrons. The molecule has 0 N–H and O–H groups in total. The second-order valence-electron chi connectivity index (χ2n) is 11.3. The zero-order valence-electron chi connectivity index (χ0n) is 25.6. The van der Waals surface area contributed by atoms with E-state index in [1.165, 1.54) is 154 Å². The molecule has 0 spiro atoms. The standard InChI is InChI=1S/C32H67O4P.Fe/c1-3-5-7-9-11-13-15-17-19-21-23-25-27-29-31-35-37(33,34)36-32-30-28-26-24-22-20-18-16-14-12-10-8-6-4-2;/h3-32H2,1-2H3,(H,33,34);/p-1. The Morgan fingerprint density at radius 3 is 0.789 bits per heavy atom. The third-order valence-corrected chi connectivity index (χ3v) is 8.49. The minimum Gasteiger partial charge on any atom is -0.756 e. The molecule has 0 aromatic carbocycles. The minimum atomic E-state index is -4.12. The molecule has 38 heavy (non-hydrogen) atoms. The van der Waals surface area contributed by atoms with Gasteiger partial charge in [0.2, 0.25) is 0 Å². The average Bonchev–Trinajstić information content (AvgIpc) is 2.88. The van der Waals surface area contributed by atoms with Crippen LogP contribution in [0.1, 0.15) is 194 Å². The first-order valence-corrected chi connectivity index (χ1v) is 18.2. The molecule has 0 heterocycles. The number of rotatable bonds is 32. The maximum Gasteiger partial charge on any atom is 0.267 e. The van der Waals surface area contributed by atoms with Gasteiger partial charge in [-0.05, 0) is 12.8 Å². The first-order chi connectivity index (χ1) is 18.1. The van der Waals surface area contributed by atoms with Crippen LogP contribution in [0.4, 0.5) is 0 Å². The normalized spacial score (nSPS) is 11.7. The van der Waals surface area contributed by atoms with E-state index in [-0.39, 0.29) is 30.3 Å². The predicted molar refractivity (Wildman–Crippen MR) is 160 cm³/mol. The van der Waals surface area contributed by atoms with Gasteiger partial charge in [0.25, 0.3) is 7.82 Å². The third-order valence-electron chi connectivity index (χ3n) is 7.49. The Morgan fingerprint density at radius 2 is 0.579 bits per heavy atom. The number of hydrogen-bond acceptors (Lipinski definition) is 4. The van der Waals surface area contributed by atoms with Crippen molar-refractivity contribution >= 4 is 7.82 Å². The van der Waals surface area contributed by atoms with Crippen molar-refractivity contribution in [3.8, 4) is 0 Å². The van der Waals surface area contributed by atoms with Gasteiger partial charge in [-0.1, -0.05) is 181 Å². The predicted octanol–water partition coefficient (Wildman–Crippen LogP) is 11.4. The molecule has 0 aromatic rings. The fraction of sp³-hybridized carbons (Fsp3) is 1.00. The Labute approximate surface area is 249 Å². The molecule has 0 fully saturated rings. The van der Waals surface area contributed by atoms with Crippen molar-refractivity contribution in [2.45, 2.75) is 194 Å². The van der Waals surface area contributed by atoms with Crippen LogP contribution >= 0.6 is 7.82 Å². The van der Waals surface area contributed by atoms with Gasteiger partial charge in [0.15, 0.2) is 0 Å². The summed E-state index contributed by atoms with van der Waals surface area (Å²) in [7, 11) is -4.12. The Bertz CT molecular complexity index is 440. The van der Waals surface area contributed by atoms with E-state index in [0.29, 0.717) is 0 Å². The number of hydrogen-bond donors (Lipinski definition) is 0. The molecule has 0 bridgehead atoms. The van der Waals surface area contributed by atoms with Crippen molar-refractivity contribution in [3.05, 3.63) is 0 Å². The van der Waals surface area contributed by atoms with Crippen LogP contribution in [0.5, 0.6) is 0 Å². The molecule has 6 heteroatoms. The molecular formula is C32H66FeO4P-. The molecule has 0 aromatic heterocycles. The van der Waals surface area contributed by atoms with Gasteiger partial charge in [-0.3, -0.25) is 4.57 Å². The smallest absolute Gasteiger partial charge is 0.267 e. The van der Waals surface area contributed by atoms with Crippen LogP contribution in [-0.2, 0) is 30.7 Å². The summed E-state index contributed by atoms with van der Waals surface area (Å²) in [5.74, 6) is 0. The van der Waals surface area contributed by atoms with Crippen molar-refractivity contribution < 1.29 is 35.6 Å². The van der Waals surface area contributed by atoms with Crippen LogP contribution in [0.2, 0.25) is 0 Å². The molecule has 0 aliphatic heterocycles. The van der Waals surface area contributed by atoms with E-state index < -0.39 is 7.82 Å². The molecule has 0 saturated carbocycles. The molecule has 0 atom stereocenters. The van der Waals surface area contributed by atoms with Gasteiger partial charge in [-0.15, -0.1) is 0 Å². The molecule has 4 nitrogen and oxygen atoms in total. The zero-order valence-corrected chi connectivity index (χ0v) is 27.6. The molecule has 232 valence electrons. The summed E-state index contributed by atoms with van der Waals surface area (Å²) < 4.78 is 21.9. The zero-order chi connectivity index (χ0) is 27.1. The fourth-order valence-electron chi connectivity index (χ4n) is 4.98. The second kappa shape index (κ2) is 33.8. The largest absolute Gasteiger partial charge is 0.756 e.